The summed E-state index contributed by atoms with van der Waals surface area (Å²) in [4.78, 5) is 15.4. The number of carbonyl (C=O) groups is 1. The number of ether oxygens (including phenoxy) is 1. The minimum atomic E-state index is -0.423. The lowest BCUT2D eigenvalue weighted by Gasteiger charge is -2.67. The van der Waals surface area contributed by atoms with Gasteiger partial charge in [-0.05, 0) is 94.2 Å². The van der Waals surface area contributed by atoms with Crippen LogP contribution in [0.1, 0.15) is 76.2 Å². The largest absolute Gasteiger partial charge is 0.453 e. The van der Waals surface area contributed by atoms with Gasteiger partial charge in [-0.15, -0.1) is 0 Å². The standard InChI is InChI=1S/C28H39NO2/c1-29(2)18-22-17-28(31-25(22)30,24-10-4-3-5-11-24)27-15-20-12-21(16-27)14-26(13-20,19-27)23-8-6-7-9-23/h3-5,10-11,20-23H,6-9,12-19H2,1-2H3. The Labute approximate surface area is 187 Å². The Morgan fingerprint density at radius 1 is 0.968 bits per heavy atom. The van der Waals surface area contributed by atoms with Crippen molar-refractivity contribution in [1.82, 2.24) is 4.90 Å². The molecule has 3 heteroatoms. The van der Waals surface area contributed by atoms with Crippen LogP contribution in [0.15, 0.2) is 30.3 Å². The Hall–Kier alpha value is -1.35. The van der Waals surface area contributed by atoms with E-state index in [1.165, 1.54) is 69.8 Å². The molecule has 5 saturated carbocycles. The Bertz CT molecular complexity index is 828. The summed E-state index contributed by atoms with van der Waals surface area (Å²) in [5.41, 5.74) is 1.51. The van der Waals surface area contributed by atoms with Crippen LogP contribution in [0.5, 0.6) is 0 Å². The van der Waals surface area contributed by atoms with E-state index in [0.29, 0.717) is 5.41 Å². The molecule has 1 aliphatic heterocycles. The van der Waals surface area contributed by atoms with E-state index in [9.17, 15) is 4.79 Å². The molecule has 0 aromatic heterocycles. The van der Waals surface area contributed by atoms with Crippen molar-refractivity contribution in [3.63, 3.8) is 0 Å². The van der Waals surface area contributed by atoms with Gasteiger partial charge in [-0.2, -0.15) is 0 Å². The average Bonchev–Trinajstić information content (AvgIpc) is 3.37. The van der Waals surface area contributed by atoms with Gasteiger partial charge in [0.15, 0.2) is 0 Å². The third kappa shape index (κ3) is 2.98. The highest BCUT2D eigenvalue weighted by molar-refractivity contribution is 5.76. The van der Waals surface area contributed by atoms with E-state index in [2.05, 4.69) is 49.3 Å². The molecule has 0 radical (unpaired) electrons. The molecule has 0 spiro atoms. The molecule has 1 saturated heterocycles. The first-order chi connectivity index (χ1) is 14.9. The van der Waals surface area contributed by atoms with Crippen molar-refractivity contribution in [2.75, 3.05) is 20.6 Å². The summed E-state index contributed by atoms with van der Waals surface area (Å²) in [5.74, 6) is 2.64. The Morgan fingerprint density at radius 2 is 1.65 bits per heavy atom. The summed E-state index contributed by atoms with van der Waals surface area (Å²) in [5, 5.41) is 0. The molecular formula is C28H39NO2. The van der Waals surface area contributed by atoms with Crippen LogP contribution in [0, 0.1) is 34.5 Å². The van der Waals surface area contributed by atoms with Crippen LogP contribution < -0.4 is 0 Å². The molecule has 6 aliphatic rings. The predicted molar refractivity (Wildman–Crippen MR) is 122 cm³/mol. The molecule has 4 bridgehead atoms. The summed E-state index contributed by atoms with van der Waals surface area (Å²) < 4.78 is 6.68. The lowest BCUT2D eigenvalue weighted by Crippen LogP contribution is -2.61. The van der Waals surface area contributed by atoms with E-state index in [0.717, 1.165) is 30.7 Å². The van der Waals surface area contributed by atoms with E-state index in [1.54, 1.807) is 0 Å². The molecule has 168 valence electrons. The quantitative estimate of drug-likeness (QED) is 0.564. The van der Waals surface area contributed by atoms with Gasteiger partial charge in [0.2, 0.25) is 0 Å². The van der Waals surface area contributed by atoms with Crippen LogP contribution in [0.25, 0.3) is 0 Å². The van der Waals surface area contributed by atoms with Gasteiger partial charge in [0.1, 0.15) is 5.60 Å². The van der Waals surface area contributed by atoms with Gasteiger partial charge >= 0.3 is 5.97 Å². The Balaban J connectivity index is 1.45. The zero-order valence-corrected chi connectivity index (χ0v) is 19.4. The molecule has 1 aromatic rings. The number of hydrogen-bond acceptors (Lipinski definition) is 3. The van der Waals surface area contributed by atoms with Crippen molar-refractivity contribution in [2.45, 2.75) is 76.2 Å². The number of rotatable bonds is 5. The number of esters is 1. The summed E-state index contributed by atoms with van der Waals surface area (Å²) in [6.07, 6.45) is 14.8. The maximum atomic E-state index is 13.3. The fourth-order valence-electron chi connectivity index (χ4n) is 9.64. The van der Waals surface area contributed by atoms with E-state index in [1.807, 2.05) is 0 Å². The van der Waals surface area contributed by atoms with Crippen LogP contribution in [0.2, 0.25) is 0 Å². The zero-order chi connectivity index (χ0) is 21.3. The Morgan fingerprint density at radius 3 is 2.29 bits per heavy atom. The molecular weight excluding hydrogens is 382 g/mol. The van der Waals surface area contributed by atoms with Crippen molar-refractivity contribution >= 4 is 5.97 Å². The predicted octanol–water partition coefficient (Wildman–Crippen LogP) is 5.78. The topological polar surface area (TPSA) is 29.5 Å². The molecule has 31 heavy (non-hydrogen) atoms. The fourth-order valence-corrected chi connectivity index (χ4v) is 9.64. The van der Waals surface area contributed by atoms with Gasteiger partial charge < -0.3 is 9.64 Å². The number of carbonyl (C=O) groups excluding carboxylic acids is 1. The second-order valence-electron chi connectivity index (χ2n) is 12.4. The summed E-state index contributed by atoms with van der Waals surface area (Å²) in [6.45, 7) is 0.796. The van der Waals surface area contributed by atoms with E-state index in [-0.39, 0.29) is 17.3 Å². The van der Waals surface area contributed by atoms with Crippen molar-refractivity contribution in [1.29, 1.82) is 0 Å². The summed E-state index contributed by atoms with van der Waals surface area (Å²) >= 11 is 0. The number of hydrogen-bond donors (Lipinski definition) is 0. The smallest absolute Gasteiger partial charge is 0.311 e. The highest BCUT2D eigenvalue weighted by Crippen LogP contribution is 2.74. The highest BCUT2D eigenvalue weighted by Gasteiger charge is 2.69. The van der Waals surface area contributed by atoms with Gasteiger partial charge in [0, 0.05) is 18.4 Å². The number of benzene rings is 1. The van der Waals surface area contributed by atoms with Crippen LogP contribution >= 0.6 is 0 Å². The molecule has 5 aliphatic carbocycles. The maximum absolute atomic E-state index is 13.3. The van der Waals surface area contributed by atoms with Crippen molar-refractivity contribution in [3.05, 3.63) is 35.9 Å². The first-order valence-electron chi connectivity index (χ1n) is 12.9. The lowest BCUT2D eigenvalue weighted by molar-refractivity contribution is -0.225. The summed E-state index contributed by atoms with van der Waals surface area (Å²) in [6, 6.07) is 10.9. The monoisotopic (exact) mass is 421 g/mol. The average molecular weight is 422 g/mol. The molecule has 6 fully saturated rings. The van der Waals surface area contributed by atoms with Crippen LogP contribution in [-0.2, 0) is 15.1 Å². The SMILES string of the molecule is CN(C)CC1CC(c2ccccc2)(C23CC4CC(CC(C5CCCC5)(C4)C2)C3)OC1=O. The van der Waals surface area contributed by atoms with Gasteiger partial charge in [0.25, 0.3) is 0 Å². The first-order valence-corrected chi connectivity index (χ1v) is 12.9. The molecule has 4 unspecified atom stereocenters. The molecule has 3 nitrogen and oxygen atoms in total. The van der Waals surface area contributed by atoms with Crippen LogP contribution in [-0.4, -0.2) is 31.5 Å². The molecule has 1 heterocycles. The molecule has 4 atom stereocenters. The van der Waals surface area contributed by atoms with Crippen molar-refractivity contribution < 1.29 is 9.53 Å². The molecule has 0 amide bonds. The van der Waals surface area contributed by atoms with E-state index < -0.39 is 5.60 Å². The molecule has 1 aromatic carbocycles. The normalized spacial score (nSPS) is 44.4. The maximum Gasteiger partial charge on any atom is 0.311 e. The van der Waals surface area contributed by atoms with Crippen LogP contribution in [0.4, 0.5) is 0 Å². The van der Waals surface area contributed by atoms with Crippen molar-refractivity contribution in [3.8, 4) is 0 Å². The zero-order valence-electron chi connectivity index (χ0n) is 19.4. The minimum absolute atomic E-state index is 0.00867. The van der Waals surface area contributed by atoms with E-state index >= 15 is 0 Å². The third-order valence-corrected chi connectivity index (χ3v) is 10.2. The third-order valence-electron chi connectivity index (χ3n) is 10.2. The summed E-state index contributed by atoms with van der Waals surface area (Å²) in [7, 11) is 4.16. The lowest BCUT2D eigenvalue weighted by atomic mass is 9.38. The van der Waals surface area contributed by atoms with E-state index in [4.69, 9.17) is 4.74 Å². The molecule has 0 N–H and O–H groups in total. The van der Waals surface area contributed by atoms with Gasteiger partial charge in [0.05, 0.1) is 5.92 Å². The van der Waals surface area contributed by atoms with Gasteiger partial charge in [-0.1, -0.05) is 43.2 Å². The molecule has 7 rings (SSSR count). The van der Waals surface area contributed by atoms with Crippen molar-refractivity contribution in [2.24, 2.45) is 34.5 Å². The first kappa shape index (κ1) is 20.3. The number of nitrogens with zero attached hydrogens (tertiary/aromatic N) is 1. The fraction of sp³-hybridized carbons (Fsp3) is 0.750. The Kier molecular flexibility index (Phi) is 4.62. The number of cyclic esters (lactones) is 1. The van der Waals surface area contributed by atoms with Crippen LogP contribution in [0.3, 0.4) is 0 Å². The minimum Gasteiger partial charge on any atom is -0.453 e. The van der Waals surface area contributed by atoms with Gasteiger partial charge in [-0.3, -0.25) is 4.79 Å². The second kappa shape index (κ2) is 7.07. The second-order valence-corrected chi connectivity index (χ2v) is 12.4. The van der Waals surface area contributed by atoms with Gasteiger partial charge in [-0.25, -0.2) is 0 Å². The highest BCUT2D eigenvalue weighted by atomic mass is 16.6.